The lowest BCUT2D eigenvalue weighted by Crippen LogP contribution is -2.22. The molecule has 0 saturated heterocycles. The summed E-state index contributed by atoms with van der Waals surface area (Å²) in [5.41, 5.74) is 2.05. The Morgan fingerprint density at radius 3 is 2.67 bits per heavy atom. The molecule has 0 atom stereocenters. The van der Waals surface area contributed by atoms with E-state index in [1.807, 2.05) is 4.68 Å². The summed E-state index contributed by atoms with van der Waals surface area (Å²) in [7, 11) is -3.02. The van der Waals surface area contributed by atoms with Gasteiger partial charge in [0.15, 0.2) is 16.1 Å². The Morgan fingerprint density at radius 2 is 2.00 bits per heavy atom. The van der Waals surface area contributed by atoms with Crippen molar-refractivity contribution in [3.8, 4) is 0 Å². The van der Waals surface area contributed by atoms with Crippen LogP contribution in [0.15, 0.2) is 0 Å². The Bertz CT molecular complexity index is 583. The van der Waals surface area contributed by atoms with Gasteiger partial charge in [-0.15, -0.1) is 0 Å². The van der Waals surface area contributed by atoms with Crippen LogP contribution in [0.3, 0.4) is 0 Å². The zero-order chi connectivity index (χ0) is 12.8. The van der Waals surface area contributed by atoms with Crippen LogP contribution in [0.25, 0.3) is 0 Å². The first kappa shape index (κ1) is 11.9. The summed E-state index contributed by atoms with van der Waals surface area (Å²) in [6, 6.07) is 0.278. The molecule has 3 rings (SSSR count). The van der Waals surface area contributed by atoms with Gasteiger partial charge in [0.2, 0.25) is 0 Å². The van der Waals surface area contributed by atoms with Crippen molar-refractivity contribution in [3.05, 3.63) is 17.0 Å². The van der Waals surface area contributed by atoms with Crippen molar-refractivity contribution < 1.29 is 13.2 Å². The molecule has 2 aliphatic rings. The SMILES string of the molecule is O=Cc1nn(C2CCCC2)c2c1CCS(=O)(=O)C2. The van der Waals surface area contributed by atoms with Gasteiger partial charge in [0, 0.05) is 5.56 Å². The second-order valence-electron chi connectivity index (χ2n) is 5.15. The average Bonchev–Trinajstić information content (AvgIpc) is 2.93. The Kier molecular flexibility index (Phi) is 2.77. The van der Waals surface area contributed by atoms with E-state index in [2.05, 4.69) is 5.10 Å². The van der Waals surface area contributed by atoms with Crippen molar-refractivity contribution in [2.75, 3.05) is 5.75 Å². The van der Waals surface area contributed by atoms with Crippen molar-refractivity contribution in [3.63, 3.8) is 0 Å². The lowest BCUT2D eigenvalue weighted by atomic mass is 10.1. The zero-order valence-electron chi connectivity index (χ0n) is 10.1. The van der Waals surface area contributed by atoms with E-state index >= 15 is 0 Å². The second kappa shape index (κ2) is 4.19. The highest BCUT2D eigenvalue weighted by molar-refractivity contribution is 7.90. The predicted octanol–water partition coefficient (Wildman–Crippen LogP) is 1.28. The lowest BCUT2D eigenvalue weighted by molar-refractivity contribution is 0.111. The fourth-order valence-corrected chi connectivity index (χ4v) is 4.41. The van der Waals surface area contributed by atoms with Crippen LogP contribution in [-0.4, -0.2) is 30.2 Å². The van der Waals surface area contributed by atoms with Crippen LogP contribution >= 0.6 is 0 Å². The van der Waals surface area contributed by atoms with E-state index in [-0.39, 0.29) is 17.5 Å². The van der Waals surface area contributed by atoms with Crippen LogP contribution in [0.4, 0.5) is 0 Å². The van der Waals surface area contributed by atoms with Gasteiger partial charge < -0.3 is 0 Å². The van der Waals surface area contributed by atoms with E-state index in [1.54, 1.807) is 0 Å². The van der Waals surface area contributed by atoms with Gasteiger partial charge in [-0.3, -0.25) is 9.48 Å². The molecule has 2 heterocycles. The molecule has 0 aromatic carbocycles. The van der Waals surface area contributed by atoms with Gasteiger partial charge in [0.1, 0.15) is 5.69 Å². The molecule has 0 unspecified atom stereocenters. The molecule has 0 amide bonds. The first-order valence-corrected chi connectivity index (χ1v) is 8.19. The van der Waals surface area contributed by atoms with Crippen molar-refractivity contribution in [2.24, 2.45) is 0 Å². The van der Waals surface area contributed by atoms with E-state index in [9.17, 15) is 13.2 Å². The highest BCUT2D eigenvalue weighted by Crippen LogP contribution is 2.33. The Labute approximate surface area is 106 Å². The van der Waals surface area contributed by atoms with Crippen LogP contribution < -0.4 is 0 Å². The first-order valence-electron chi connectivity index (χ1n) is 6.36. The number of fused-ring (bicyclic) bond motifs is 1. The van der Waals surface area contributed by atoms with Gasteiger partial charge in [-0.1, -0.05) is 12.8 Å². The molecule has 1 fully saturated rings. The Hall–Kier alpha value is -1.17. The number of sulfone groups is 1. The molecule has 5 nitrogen and oxygen atoms in total. The molecule has 1 aliphatic heterocycles. The third-order valence-electron chi connectivity index (χ3n) is 3.95. The largest absolute Gasteiger partial charge is 0.296 e. The number of aldehydes is 1. The molecule has 6 heteroatoms. The summed E-state index contributed by atoms with van der Waals surface area (Å²) < 4.78 is 25.3. The van der Waals surface area contributed by atoms with Crippen LogP contribution in [0, 0.1) is 0 Å². The third kappa shape index (κ3) is 1.88. The minimum absolute atomic E-state index is 0.0413. The molecule has 0 N–H and O–H groups in total. The standard InChI is InChI=1S/C12H16N2O3S/c15-7-11-10-5-6-18(16,17)8-12(10)14(13-11)9-3-1-2-4-9/h7,9H,1-6,8H2. The molecule has 0 radical (unpaired) electrons. The number of hydrogen-bond donors (Lipinski definition) is 0. The van der Waals surface area contributed by atoms with Crippen LogP contribution in [-0.2, 0) is 22.0 Å². The van der Waals surface area contributed by atoms with Crippen molar-refractivity contribution in [1.82, 2.24) is 9.78 Å². The van der Waals surface area contributed by atoms with Crippen molar-refractivity contribution >= 4 is 16.1 Å². The van der Waals surface area contributed by atoms with Gasteiger partial charge in [0.05, 0.1) is 23.2 Å². The predicted molar refractivity (Wildman–Crippen MR) is 66.3 cm³/mol. The van der Waals surface area contributed by atoms with Gasteiger partial charge in [0.25, 0.3) is 0 Å². The van der Waals surface area contributed by atoms with E-state index in [0.29, 0.717) is 12.1 Å². The summed E-state index contributed by atoms with van der Waals surface area (Å²) in [4.78, 5) is 11.0. The third-order valence-corrected chi connectivity index (χ3v) is 5.49. The highest BCUT2D eigenvalue weighted by atomic mass is 32.2. The topological polar surface area (TPSA) is 69.0 Å². The maximum atomic E-state index is 11.7. The summed E-state index contributed by atoms with van der Waals surface area (Å²) >= 11 is 0. The number of aromatic nitrogens is 2. The van der Waals surface area contributed by atoms with E-state index in [4.69, 9.17) is 0 Å². The highest BCUT2D eigenvalue weighted by Gasteiger charge is 2.31. The lowest BCUT2D eigenvalue weighted by Gasteiger charge is -2.18. The van der Waals surface area contributed by atoms with Crippen molar-refractivity contribution in [1.29, 1.82) is 0 Å². The van der Waals surface area contributed by atoms with Gasteiger partial charge in [-0.05, 0) is 19.3 Å². The molecule has 1 aromatic rings. The molecule has 18 heavy (non-hydrogen) atoms. The quantitative estimate of drug-likeness (QED) is 0.758. The zero-order valence-corrected chi connectivity index (χ0v) is 10.9. The summed E-state index contributed by atoms with van der Waals surface area (Å²) in [6.45, 7) is 0. The fraction of sp³-hybridized carbons (Fsp3) is 0.667. The van der Waals surface area contributed by atoms with E-state index in [0.717, 1.165) is 43.2 Å². The van der Waals surface area contributed by atoms with E-state index < -0.39 is 9.84 Å². The molecule has 0 bridgehead atoms. The van der Waals surface area contributed by atoms with Crippen molar-refractivity contribution in [2.45, 2.75) is 43.9 Å². The number of carbonyl (C=O) groups excluding carboxylic acids is 1. The molecule has 0 spiro atoms. The molecule has 98 valence electrons. The number of rotatable bonds is 2. The van der Waals surface area contributed by atoms with Gasteiger partial charge in [-0.25, -0.2) is 8.42 Å². The maximum absolute atomic E-state index is 11.7. The summed E-state index contributed by atoms with van der Waals surface area (Å²) in [6.07, 6.45) is 5.56. The van der Waals surface area contributed by atoms with Crippen LogP contribution in [0.2, 0.25) is 0 Å². The number of nitrogens with zero attached hydrogens (tertiary/aromatic N) is 2. The number of carbonyl (C=O) groups is 1. The molecule has 1 aliphatic carbocycles. The summed E-state index contributed by atoms with van der Waals surface area (Å²) in [5.74, 6) is 0.177. The first-order chi connectivity index (χ1) is 8.61. The minimum Gasteiger partial charge on any atom is -0.296 e. The molecule has 1 saturated carbocycles. The molecular formula is C12H16N2O3S. The van der Waals surface area contributed by atoms with Gasteiger partial charge >= 0.3 is 0 Å². The van der Waals surface area contributed by atoms with Crippen LogP contribution in [0.5, 0.6) is 0 Å². The second-order valence-corrected chi connectivity index (χ2v) is 7.34. The minimum atomic E-state index is -3.02. The maximum Gasteiger partial charge on any atom is 0.170 e. The Balaban J connectivity index is 2.09. The smallest absolute Gasteiger partial charge is 0.170 e. The van der Waals surface area contributed by atoms with Crippen LogP contribution in [0.1, 0.15) is 53.5 Å². The van der Waals surface area contributed by atoms with Gasteiger partial charge in [-0.2, -0.15) is 5.10 Å². The average molecular weight is 268 g/mol. The monoisotopic (exact) mass is 268 g/mol. The molecule has 1 aromatic heterocycles. The molecular weight excluding hydrogens is 252 g/mol. The summed E-state index contributed by atoms with van der Waals surface area (Å²) in [5, 5.41) is 4.34. The normalized spacial score (nSPS) is 22.9. The number of hydrogen-bond acceptors (Lipinski definition) is 4. The fourth-order valence-electron chi connectivity index (χ4n) is 3.03. The Morgan fingerprint density at radius 1 is 1.28 bits per heavy atom. The van der Waals surface area contributed by atoms with E-state index in [1.165, 1.54) is 0 Å².